The molecule has 1 fully saturated rings. The molecule has 3 heteroatoms. The minimum absolute atomic E-state index is 0.00405. The third-order valence-electron chi connectivity index (χ3n) is 3.37. The summed E-state index contributed by atoms with van der Waals surface area (Å²) in [7, 11) is 0. The number of hydrogen-bond donors (Lipinski definition) is 1. The Labute approximate surface area is 100 Å². The first kappa shape index (κ1) is 13.9. The molecule has 0 aromatic rings. The van der Waals surface area contributed by atoms with Crippen molar-refractivity contribution in [3.63, 3.8) is 0 Å². The molecule has 1 heterocycles. The molecule has 96 valence electrons. The number of nitrogens with two attached hydrogens (primary N) is 1. The summed E-state index contributed by atoms with van der Waals surface area (Å²) in [5.41, 5.74) is 6.39. The Kier molecular flexibility index (Phi) is 4.38. The first-order valence-corrected chi connectivity index (χ1v) is 6.33. The van der Waals surface area contributed by atoms with Gasteiger partial charge in [0.15, 0.2) is 0 Å². The molecule has 2 N–H and O–H groups in total. The van der Waals surface area contributed by atoms with Crippen molar-refractivity contribution < 1.29 is 4.74 Å². The highest BCUT2D eigenvalue weighted by Crippen LogP contribution is 2.21. The third-order valence-corrected chi connectivity index (χ3v) is 3.37. The quantitative estimate of drug-likeness (QED) is 0.801. The summed E-state index contributed by atoms with van der Waals surface area (Å²) in [4.78, 5) is 2.47. The van der Waals surface area contributed by atoms with E-state index >= 15 is 0 Å². The minimum atomic E-state index is 0.00405. The Morgan fingerprint density at radius 3 is 2.50 bits per heavy atom. The molecular weight excluding hydrogens is 200 g/mol. The molecule has 0 radical (unpaired) electrons. The van der Waals surface area contributed by atoms with Crippen LogP contribution in [0.1, 0.15) is 41.0 Å². The second kappa shape index (κ2) is 5.03. The summed E-state index contributed by atoms with van der Waals surface area (Å²) < 4.78 is 5.70. The van der Waals surface area contributed by atoms with Gasteiger partial charge in [-0.3, -0.25) is 4.90 Å². The molecule has 0 aromatic heterocycles. The second-order valence-electron chi connectivity index (χ2n) is 6.65. The van der Waals surface area contributed by atoms with Gasteiger partial charge >= 0.3 is 0 Å². The zero-order valence-electron chi connectivity index (χ0n) is 11.5. The average Bonchev–Trinajstić information content (AvgIpc) is 2.11. The fraction of sp³-hybridized carbons (Fsp3) is 1.00. The van der Waals surface area contributed by atoms with Crippen molar-refractivity contribution in [1.82, 2.24) is 4.90 Å². The van der Waals surface area contributed by atoms with Crippen LogP contribution in [0.5, 0.6) is 0 Å². The standard InChI is InChI=1S/C13H28N2O/c1-12(2,3)11(14)6-7-15-8-9-16-13(4,5)10-15/h11H,6-10,14H2,1-5H3. The maximum Gasteiger partial charge on any atom is 0.0753 e. The van der Waals surface area contributed by atoms with E-state index in [4.69, 9.17) is 10.5 Å². The summed E-state index contributed by atoms with van der Waals surface area (Å²) in [6.45, 7) is 14.9. The van der Waals surface area contributed by atoms with Crippen molar-refractivity contribution in [2.75, 3.05) is 26.2 Å². The third kappa shape index (κ3) is 4.40. The van der Waals surface area contributed by atoms with Gasteiger partial charge in [0.05, 0.1) is 12.2 Å². The van der Waals surface area contributed by atoms with E-state index < -0.39 is 0 Å². The van der Waals surface area contributed by atoms with Crippen molar-refractivity contribution in [1.29, 1.82) is 0 Å². The van der Waals surface area contributed by atoms with Crippen LogP contribution in [-0.2, 0) is 4.74 Å². The first-order valence-electron chi connectivity index (χ1n) is 6.33. The monoisotopic (exact) mass is 228 g/mol. The van der Waals surface area contributed by atoms with Crippen LogP contribution < -0.4 is 5.73 Å². The molecule has 1 unspecified atom stereocenters. The van der Waals surface area contributed by atoms with Gasteiger partial charge in [0.1, 0.15) is 0 Å². The lowest BCUT2D eigenvalue weighted by molar-refractivity contribution is -0.0867. The number of rotatable bonds is 3. The highest BCUT2D eigenvalue weighted by Gasteiger charge is 2.28. The highest BCUT2D eigenvalue weighted by atomic mass is 16.5. The van der Waals surface area contributed by atoms with Gasteiger partial charge in [-0.1, -0.05) is 20.8 Å². The molecule has 16 heavy (non-hydrogen) atoms. The smallest absolute Gasteiger partial charge is 0.0753 e. The lowest BCUT2D eigenvalue weighted by Crippen LogP contribution is -2.49. The van der Waals surface area contributed by atoms with Crippen LogP contribution in [0.15, 0.2) is 0 Å². The Balaban J connectivity index is 2.33. The molecule has 0 saturated carbocycles. The van der Waals surface area contributed by atoms with Gasteiger partial charge in [-0.05, 0) is 32.2 Å². The molecule has 0 aliphatic carbocycles. The van der Waals surface area contributed by atoms with Crippen molar-refractivity contribution in [3.05, 3.63) is 0 Å². The molecular formula is C13H28N2O. The van der Waals surface area contributed by atoms with Crippen LogP contribution in [0, 0.1) is 5.41 Å². The molecule has 1 aliphatic heterocycles. The maximum atomic E-state index is 6.18. The molecule has 0 bridgehead atoms. The fourth-order valence-electron chi connectivity index (χ4n) is 2.06. The van der Waals surface area contributed by atoms with E-state index in [9.17, 15) is 0 Å². The predicted octanol–water partition coefficient (Wildman–Crippen LogP) is 1.86. The van der Waals surface area contributed by atoms with E-state index in [0.29, 0.717) is 0 Å². The van der Waals surface area contributed by atoms with E-state index in [1.54, 1.807) is 0 Å². The van der Waals surface area contributed by atoms with Crippen LogP contribution in [-0.4, -0.2) is 42.8 Å². The fourth-order valence-corrected chi connectivity index (χ4v) is 2.06. The predicted molar refractivity (Wildman–Crippen MR) is 68.5 cm³/mol. The van der Waals surface area contributed by atoms with Crippen molar-refractivity contribution >= 4 is 0 Å². The average molecular weight is 228 g/mol. The molecule has 0 spiro atoms. The molecule has 0 aromatic carbocycles. The molecule has 1 aliphatic rings. The second-order valence-corrected chi connectivity index (χ2v) is 6.65. The van der Waals surface area contributed by atoms with Crippen molar-refractivity contribution in [2.24, 2.45) is 11.1 Å². The lowest BCUT2D eigenvalue weighted by atomic mass is 9.85. The maximum absolute atomic E-state index is 6.18. The first-order chi connectivity index (χ1) is 7.21. The van der Waals surface area contributed by atoms with E-state index in [2.05, 4.69) is 39.5 Å². The molecule has 1 saturated heterocycles. The van der Waals surface area contributed by atoms with Gasteiger partial charge in [-0.15, -0.1) is 0 Å². The van der Waals surface area contributed by atoms with Gasteiger partial charge in [0.25, 0.3) is 0 Å². The van der Waals surface area contributed by atoms with Crippen molar-refractivity contribution in [3.8, 4) is 0 Å². The van der Waals surface area contributed by atoms with Crippen molar-refractivity contribution in [2.45, 2.75) is 52.7 Å². The molecule has 3 nitrogen and oxygen atoms in total. The molecule has 1 atom stereocenters. The normalized spacial score (nSPS) is 24.4. The van der Waals surface area contributed by atoms with Gasteiger partial charge in [0.2, 0.25) is 0 Å². The summed E-state index contributed by atoms with van der Waals surface area (Å²) in [5, 5.41) is 0. The van der Waals surface area contributed by atoms with Gasteiger partial charge in [-0.25, -0.2) is 0 Å². The van der Waals surface area contributed by atoms with Gasteiger partial charge in [-0.2, -0.15) is 0 Å². The Morgan fingerprint density at radius 2 is 2.00 bits per heavy atom. The van der Waals surface area contributed by atoms with E-state index in [-0.39, 0.29) is 17.1 Å². The Bertz CT molecular complexity index is 220. The van der Waals surface area contributed by atoms with Crippen LogP contribution >= 0.6 is 0 Å². The molecule has 0 amide bonds. The van der Waals surface area contributed by atoms with Crippen LogP contribution in [0.3, 0.4) is 0 Å². The van der Waals surface area contributed by atoms with Gasteiger partial charge in [0, 0.05) is 19.1 Å². The van der Waals surface area contributed by atoms with Crippen LogP contribution in [0.25, 0.3) is 0 Å². The zero-order valence-corrected chi connectivity index (χ0v) is 11.5. The Morgan fingerprint density at radius 1 is 1.38 bits per heavy atom. The summed E-state index contributed by atoms with van der Waals surface area (Å²) in [6.07, 6.45) is 1.07. The Hall–Kier alpha value is -0.120. The number of morpholine rings is 1. The van der Waals surface area contributed by atoms with E-state index in [1.807, 2.05) is 0 Å². The van der Waals surface area contributed by atoms with Gasteiger partial charge < -0.3 is 10.5 Å². The number of hydrogen-bond acceptors (Lipinski definition) is 3. The largest absolute Gasteiger partial charge is 0.373 e. The minimum Gasteiger partial charge on any atom is -0.373 e. The molecule has 1 rings (SSSR count). The van der Waals surface area contributed by atoms with Crippen LogP contribution in [0.2, 0.25) is 0 Å². The summed E-state index contributed by atoms with van der Waals surface area (Å²) in [6, 6.07) is 0.276. The highest BCUT2D eigenvalue weighted by molar-refractivity contribution is 4.82. The lowest BCUT2D eigenvalue weighted by Gasteiger charge is -2.39. The summed E-state index contributed by atoms with van der Waals surface area (Å²) in [5.74, 6) is 0. The zero-order chi connectivity index (χ0) is 12.4. The van der Waals surface area contributed by atoms with E-state index in [1.165, 1.54) is 0 Å². The number of nitrogens with zero attached hydrogens (tertiary/aromatic N) is 1. The van der Waals surface area contributed by atoms with E-state index in [0.717, 1.165) is 32.7 Å². The number of ether oxygens (including phenoxy) is 1. The topological polar surface area (TPSA) is 38.5 Å². The SMILES string of the molecule is CC1(C)CN(CCC(N)C(C)(C)C)CCO1. The summed E-state index contributed by atoms with van der Waals surface area (Å²) >= 11 is 0. The van der Waals surface area contributed by atoms with Crippen LogP contribution in [0.4, 0.5) is 0 Å².